The van der Waals surface area contributed by atoms with Gasteiger partial charge in [0.1, 0.15) is 11.2 Å². The fraction of sp³-hybridized carbons (Fsp3) is 0. The topological polar surface area (TPSA) is 23.0 Å². The molecule has 0 spiro atoms. The molecule has 3 aromatic heterocycles. The Kier molecular flexibility index (Phi) is 5.56. The molecule has 57 heavy (non-hydrogen) atoms. The molecule has 12 aromatic rings. The van der Waals surface area contributed by atoms with E-state index in [1.165, 1.54) is 0 Å². The van der Waals surface area contributed by atoms with Crippen LogP contribution in [0.3, 0.4) is 0 Å². The summed E-state index contributed by atoms with van der Waals surface area (Å²) in [5.74, 6) is 0. The molecule has 266 valence electrons. The second-order valence-electron chi connectivity index (χ2n) is 14.3. The normalized spacial score (nSPS) is 13.6. The Morgan fingerprint density at radius 1 is 0.368 bits per heavy atom. The Balaban J connectivity index is 1.19. The molecular weight excluding hydrogens is 693 g/mol. The summed E-state index contributed by atoms with van der Waals surface area (Å²) in [7, 11) is 0. The lowest BCUT2D eigenvalue weighted by atomic mass is 9.97. The molecule has 0 unspecified atom stereocenters. The SMILES string of the molecule is [2H]c1c([2H])c([2H])c2c(c1[2H])c1c([2H])c(-c3ccc4c(c3)c3c(-c5ccccc5)cccc3n4-c3cccc4oc5ccccc5c34)c([2H])c([2H])c1n2-c1ccccc1-c1ccccc1. The van der Waals surface area contributed by atoms with Crippen molar-refractivity contribution >= 4 is 65.6 Å². The van der Waals surface area contributed by atoms with E-state index in [1.807, 2.05) is 121 Å². The van der Waals surface area contributed by atoms with Gasteiger partial charge >= 0.3 is 0 Å². The Morgan fingerprint density at radius 3 is 1.91 bits per heavy atom. The van der Waals surface area contributed by atoms with Crippen molar-refractivity contribution in [3.8, 4) is 44.8 Å². The number of rotatable bonds is 5. The lowest BCUT2D eigenvalue weighted by Crippen LogP contribution is -1.97. The standard InChI is InChI=1S/C54H34N2O/c1-3-15-35(16-4-1)39-19-7-10-23-45(39)55-46-24-11-8-20-41(46)43-33-37(29-31-47(43)55)38-30-32-48-44(34-38)53-40(36-17-5-2-6-18-36)22-13-25-49(53)56(48)50-26-14-28-52-54(50)42-21-9-12-27-51(42)57-52/h1-34H/i8D,11D,20D,24D,29D,31D,33D. The van der Waals surface area contributed by atoms with E-state index in [9.17, 15) is 6.85 Å². The predicted molar refractivity (Wildman–Crippen MR) is 239 cm³/mol. The molecule has 0 saturated carbocycles. The van der Waals surface area contributed by atoms with Crippen molar-refractivity contribution in [2.45, 2.75) is 0 Å². The molecule has 0 amide bonds. The molecule has 12 rings (SSSR count). The molecule has 0 aliphatic heterocycles. The number of benzene rings is 9. The zero-order valence-corrected chi connectivity index (χ0v) is 30.4. The van der Waals surface area contributed by atoms with Crippen LogP contribution in [0.5, 0.6) is 0 Å². The minimum Gasteiger partial charge on any atom is -0.456 e. The molecule has 0 aliphatic rings. The van der Waals surface area contributed by atoms with Gasteiger partial charge in [-0.25, -0.2) is 0 Å². The van der Waals surface area contributed by atoms with Crippen molar-refractivity contribution in [2.24, 2.45) is 0 Å². The van der Waals surface area contributed by atoms with Crippen molar-refractivity contribution in [2.75, 3.05) is 0 Å². The van der Waals surface area contributed by atoms with Crippen LogP contribution >= 0.6 is 0 Å². The molecule has 3 heteroatoms. The first-order valence-electron chi connectivity index (χ1n) is 22.5. The van der Waals surface area contributed by atoms with Crippen LogP contribution in [0, 0.1) is 0 Å². The summed E-state index contributed by atoms with van der Waals surface area (Å²) < 4.78 is 75.9. The second kappa shape index (κ2) is 12.5. The number of aromatic nitrogens is 2. The highest BCUT2D eigenvalue weighted by atomic mass is 16.3. The largest absolute Gasteiger partial charge is 0.456 e. The Labute approximate surface area is 338 Å². The third kappa shape index (κ3) is 4.79. The summed E-state index contributed by atoms with van der Waals surface area (Å²) in [5.41, 5.74) is 9.65. The van der Waals surface area contributed by atoms with Crippen molar-refractivity contribution in [1.29, 1.82) is 0 Å². The first kappa shape index (κ1) is 25.5. The van der Waals surface area contributed by atoms with Gasteiger partial charge in [-0.1, -0.05) is 145 Å². The molecule has 3 heterocycles. The van der Waals surface area contributed by atoms with Gasteiger partial charge in [0.2, 0.25) is 0 Å². The Morgan fingerprint density at radius 2 is 1.04 bits per heavy atom. The first-order valence-corrected chi connectivity index (χ1v) is 19.0. The number of nitrogens with zero attached hydrogens (tertiary/aromatic N) is 2. The van der Waals surface area contributed by atoms with Gasteiger partial charge in [0.15, 0.2) is 0 Å². The van der Waals surface area contributed by atoms with Gasteiger partial charge in [-0.3, -0.25) is 0 Å². The summed E-state index contributed by atoms with van der Waals surface area (Å²) in [6.07, 6.45) is 0. The molecule has 0 N–H and O–H groups in total. The highest BCUT2D eigenvalue weighted by molar-refractivity contribution is 6.19. The summed E-state index contributed by atoms with van der Waals surface area (Å²) in [5, 5.41) is 4.15. The lowest BCUT2D eigenvalue weighted by Gasteiger charge is -2.14. The van der Waals surface area contributed by atoms with Crippen LogP contribution in [0.4, 0.5) is 0 Å². The Hall–Kier alpha value is -7.62. The molecule has 9 aromatic carbocycles. The molecular formula is C54H34N2O. The van der Waals surface area contributed by atoms with Gasteiger partial charge in [-0.2, -0.15) is 0 Å². The molecule has 0 fully saturated rings. The number of furan rings is 1. The molecule has 0 saturated heterocycles. The maximum atomic E-state index is 10.0. The minimum absolute atomic E-state index is 0.0945. The Bertz CT molecular complexity index is 3930. The van der Waals surface area contributed by atoms with Crippen LogP contribution in [0.2, 0.25) is 0 Å². The first-order chi connectivity index (χ1) is 31.2. The average Bonchev–Trinajstić information content (AvgIpc) is 4.01. The molecule has 0 bridgehead atoms. The molecule has 0 radical (unpaired) electrons. The fourth-order valence-electron chi connectivity index (χ4n) is 8.72. The average molecular weight is 734 g/mol. The van der Waals surface area contributed by atoms with Gasteiger partial charge in [-0.15, -0.1) is 0 Å². The van der Waals surface area contributed by atoms with E-state index in [4.69, 9.17) is 7.16 Å². The third-order valence-electron chi connectivity index (χ3n) is 11.2. The summed E-state index contributed by atoms with van der Waals surface area (Å²) in [6.45, 7) is 0. The minimum atomic E-state index is -0.432. The number of hydrogen-bond acceptors (Lipinski definition) is 1. The van der Waals surface area contributed by atoms with E-state index in [0.717, 1.165) is 71.7 Å². The van der Waals surface area contributed by atoms with Gasteiger partial charge in [0.25, 0.3) is 0 Å². The van der Waals surface area contributed by atoms with Gasteiger partial charge in [0.05, 0.1) is 48.4 Å². The highest BCUT2D eigenvalue weighted by Crippen LogP contribution is 2.44. The maximum absolute atomic E-state index is 10.0. The maximum Gasteiger partial charge on any atom is 0.137 e. The highest BCUT2D eigenvalue weighted by Gasteiger charge is 2.21. The van der Waals surface area contributed by atoms with Crippen LogP contribution in [0.1, 0.15) is 9.60 Å². The summed E-state index contributed by atoms with van der Waals surface area (Å²) >= 11 is 0. The third-order valence-corrected chi connectivity index (χ3v) is 11.2. The van der Waals surface area contributed by atoms with Crippen molar-refractivity contribution in [1.82, 2.24) is 9.13 Å². The van der Waals surface area contributed by atoms with E-state index < -0.39 is 12.1 Å². The number of para-hydroxylation sites is 3. The smallest absolute Gasteiger partial charge is 0.137 e. The van der Waals surface area contributed by atoms with Crippen LogP contribution in [-0.4, -0.2) is 9.13 Å². The summed E-state index contributed by atoms with van der Waals surface area (Å²) in [6, 6.07) is 51.8. The fourth-order valence-corrected chi connectivity index (χ4v) is 8.72. The predicted octanol–water partition coefficient (Wildman–Crippen LogP) is 14.8. The quantitative estimate of drug-likeness (QED) is 0.173. The van der Waals surface area contributed by atoms with Crippen LogP contribution in [0.25, 0.3) is 110 Å². The van der Waals surface area contributed by atoms with E-state index in [2.05, 4.69) is 47.0 Å². The van der Waals surface area contributed by atoms with Crippen molar-refractivity contribution in [3.63, 3.8) is 0 Å². The molecule has 0 aliphatic carbocycles. The van der Waals surface area contributed by atoms with Gasteiger partial charge in [-0.05, 0) is 88.4 Å². The lowest BCUT2D eigenvalue weighted by molar-refractivity contribution is 0.669. The van der Waals surface area contributed by atoms with Gasteiger partial charge < -0.3 is 13.6 Å². The molecule has 0 atom stereocenters. The monoisotopic (exact) mass is 733 g/mol. The zero-order chi connectivity index (χ0) is 43.5. The van der Waals surface area contributed by atoms with E-state index in [0.29, 0.717) is 11.3 Å². The van der Waals surface area contributed by atoms with Crippen LogP contribution < -0.4 is 0 Å². The van der Waals surface area contributed by atoms with E-state index in [-0.39, 0.29) is 57.6 Å². The van der Waals surface area contributed by atoms with E-state index >= 15 is 0 Å². The van der Waals surface area contributed by atoms with Crippen molar-refractivity contribution in [3.05, 3.63) is 206 Å². The zero-order valence-electron chi connectivity index (χ0n) is 37.4. The van der Waals surface area contributed by atoms with Gasteiger partial charge in [0, 0.05) is 32.5 Å². The number of hydrogen-bond donors (Lipinski definition) is 0. The number of fused-ring (bicyclic) bond motifs is 9. The second-order valence-corrected chi connectivity index (χ2v) is 14.3. The summed E-state index contributed by atoms with van der Waals surface area (Å²) in [4.78, 5) is 0. The van der Waals surface area contributed by atoms with Crippen LogP contribution in [0.15, 0.2) is 211 Å². The van der Waals surface area contributed by atoms with Crippen molar-refractivity contribution < 1.29 is 14.0 Å². The van der Waals surface area contributed by atoms with E-state index in [1.54, 1.807) is 4.57 Å². The van der Waals surface area contributed by atoms with Crippen LogP contribution in [-0.2, 0) is 0 Å². The molecule has 3 nitrogen and oxygen atoms in total.